The molecule has 3 aromatic rings. The van der Waals surface area contributed by atoms with Crippen molar-refractivity contribution >= 4 is 34.1 Å². The normalized spacial score (nSPS) is 13.3. The number of nitrogens with zero attached hydrogens (tertiary/aromatic N) is 2. The van der Waals surface area contributed by atoms with Crippen molar-refractivity contribution in [1.82, 2.24) is 9.97 Å². The van der Waals surface area contributed by atoms with Crippen LogP contribution >= 0.6 is 23.1 Å². The van der Waals surface area contributed by atoms with E-state index in [1.165, 1.54) is 11.3 Å². The molecule has 26 heavy (non-hydrogen) atoms. The first-order valence-corrected chi connectivity index (χ1v) is 10.2. The van der Waals surface area contributed by atoms with Crippen LogP contribution in [0.5, 0.6) is 0 Å². The highest BCUT2D eigenvalue weighted by atomic mass is 32.2. The van der Waals surface area contributed by atoms with E-state index in [0.29, 0.717) is 11.0 Å². The van der Waals surface area contributed by atoms with Crippen LogP contribution in [0.1, 0.15) is 49.2 Å². The summed E-state index contributed by atoms with van der Waals surface area (Å²) in [5.74, 6) is 1.31. The highest BCUT2D eigenvalue weighted by Gasteiger charge is 2.18. The van der Waals surface area contributed by atoms with E-state index in [1.54, 1.807) is 24.2 Å². The molecule has 0 spiro atoms. The van der Waals surface area contributed by atoms with Crippen LogP contribution < -0.4 is 5.32 Å². The quantitative estimate of drug-likeness (QED) is 0.558. The van der Waals surface area contributed by atoms with Gasteiger partial charge in [0.25, 0.3) is 0 Å². The number of carbonyl (C=O) groups excluding carboxylic acids is 1. The summed E-state index contributed by atoms with van der Waals surface area (Å²) in [6, 6.07) is 9.72. The second kappa shape index (κ2) is 8.51. The number of carbonyl (C=O) groups is 1. The Bertz CT molecular complexity index is 861. The lowest BCUT2D eigenvalue weighted by Crippen LogP contribution is -2.18. The monoisotopic (exact) mass is 387 g/mol. The predicted octanol–water partition coefficient (Wildman–Crippen LogP) is 5.29. The number of thioether (sulfide) groups is 1. The largest absolute Gasteiger partial charge is 0.445 e. The van der Waals surface area contributed by atoms with Crippen LogP contribution in [0.15, 0.2) is 51.4 Å². The number of aryl methyl sites for hydroxylation is 1. The number of aromatic nitrogens is 2. The van der Waals surface area contributed by atoms with Crippen LogP contribution in [0.3, 0.4) is 0 Å². The Morgan fingerprint density at radius 1 is 1.23 bits per heavy atom. The van der Waals surface area contributed by atoms with Crippen molar-refractivity contribution < 1.29 is 9.21 Å². The maximum atomic E-state index is 12.4. The molecule has 1 amide bonds. The van der Waals surface area contributed by atoms with Crippen LogP contribution in [0.4, 0.5) is 5.13 Å². The molecule has 136 valence electrons. The minimum absolute atomic E-state index is 0.0598. The van der Waals surface area contributed by atoms with Crippen LogP contribution in [0, 0.1) is 0 Å². The molecule has 2 heterocycles. The molecule has 0 radical (unpaired) electrons. The van der Waals surface area contributed by atoms with Gasteiger partial charge in [0.2, 0.25) is 11.8 Å². The number of rotatable bonds is 7. The van der Waals surface area contributed by atoms with Crippen molar-refractivity contribution in [2.24, 2.45) is 0 Å². The van der Waals surface area contributed by atoms with Crippen LogP contribution in [-0.4, -0.2) is 15.9 Å². The average Bonchev–Trinajstić information content (AvgIpc) is 3.31. The van der Waals surface area contributed by atoms with E-state index in [4.69, 9.17) is 4.42 Å². The molecule has 0 aliphatic heterocycles. The number of oxazole rings is 1. The van der Waals surface area contributed by atoms with Crippen LogP contribution in [0.25, 0.3) is 0 Å². The van der Waals surface area contributed by atoms with Crippen molar-refractivity contribution in [2.75, 3.05) is 5.32 Å². The molecular weight excluding hydrogens is 366 g/mol. The lowest BCUT2D eigenvalue weighted by Gasteiger charge is -2.10. The minimum Gasteiger partial charge on any atom is -0.445 e. The van der Waals surface area contributed by atoms with E-state index in [2.05, 4.69) is 15.3 Å². The van der Waals surface area contributed by atoms with Gasteiger partial charge in [0.05, 0.1) is 27.8 Å². The van der Waals surface area contributed by atoms with Crippen molar-refractivity contribution in [1.29, 1.82) is 0 Å². The Morgan fingerprint density at radius 2 is 2.00 bits per heavy atom. The van der Waals surface area contributed by atoms with Gasteiger partial charge in [-0.1, -0.05) is 48.6 Å². The molecule has 0 aliphatic rings. The average molecular weight is 388 g/mol. The summed E-state index contributed by atoms with van der Waals surface area (Å²) in [6.45, 7) is 5.98. The van der Waals surface area contributed by atoms with E-state index in [1.807, 2.05) is 51.1 Å². The summed E-state index contributed by atoms with van der Waals surface area (Å²) < 4.78 is 6.71. The Hall–Kier alpha value is -2.12. The molecule has 0 fully saturated rings. The number of amides is 1. The standard InChI is InChI=1S/C19H21N3O2S2/c1-4-15-10-20-18(24-15)13(3)25-16-11-21-19(26-16)22-17(23)12(2)14-8-6-5-7-9-14/h5-13H,4H2,1-3H3,(H,21,22,23)/t12-,13?/m0/s1. The number of anilines is 1. The molecule has 2 atom stereocenters. The van der Waals surface area contributed by atoms with Gasteiger partial charge in [-0.15, -0.1) is 11.8 Å². The topological polar surface area (TPSA) is 68.0 Å². The Balaban J connectivity index is 1.60. The van der Waals surface area contributed by atoms with E-state index in [0.717, 1.165) is 22.0 Å². The molecule has 2 aromatic heterocycles. The first-order valence-electron chi connectivity index (χ1n) is 8.49. The van der Waals surface area contributed by atoms with Crippen LogP contribution in [0.2, 0.25) is 0 Å². The molecule has 1 unspecified atom stereocenters. The molecule has 0 saturated carbocycles. The Kier molecular flexibility index (Phi) is 6.11. The molecule has 0 bridgehead atoms. The summed E-state index contributed by atoms with van der Waals surface area (Å²) in [5.41, 5.74) is 0.986. The fourth-order valence-electron chi connectivity index (χ4n) is 2.38. The molecule has 7 heteroatoms. The van der Waals surface area contributed by atoms with Crippen molar-refractivity contribution in [3.63, 3.8) is 0 Å². The van der Waals surface area contributed by atoms with Crippen molar-refractivity contribution in [3.05, 3.63) is 59.9 Å². The van der Waals surface area contributed by atoms with Crippen LogP contribution in [-0.2, 0) is 11.2 Å². The molecule has 5 nitrogen and oxygen atoms in total. The summed E-state index contributed by atoms with van der Waals surface area (Å²) in [7, 11) is 0. The van der Waals surface area contributed by atoms with E-state index >= 15 is 0 Å². The summed E-state index contributed by atoms with van der Waals surface area (Å²) >= 11 is 3.08. The van der Waals surface area contributed by atoms with Gasteiger partial charge in [0.15, 0.2) is 5.13 Å². The highest BCUT2D eigenvalue weighted by molar-refractivity contribution is 8.01. The predicted molar refractivity (Wildman–Crippen MR) is 106 cm³/mol. The maximum Gasteiger partial charge on any atom is 0.233 e. The third-order valence-corrected chi connectivity index (χ3v) is 6.11. The number of nitrogens with one attached hydrogen (secondary N) is 1. The molecular formula is C19H21N3O2S2. The second-order valence-corrected chi connectivity index (χ2v) is 8.56. The smallest absolute Gasteiger partial charge is 0.233 e. The SMILES string of the molecule is CCc1cnc(C(C)Sc2cnc(NC(=O)[C@@H](C)c3ccccc3)s2)o1. The highest BCUT2D eigenvalue weighted by Crippen LogP contribution is 2.38. The Labute approximate surface area is 161 Å². The molecule has 3 rings (SSSR count). The molecule has 1 N–H and O–H groups in total. The Morgan fingerprint density at radius 3 is 2.69 bits per heavy atom. The van der Waals surface area contributed by atoms with Gasteiger partial charge < -0.3 is 9.73 Å². The van der Waals surface area contributed by atoms with E-state index in [-0.39, 0.29) is 17.1 Å². The third kappa shape index (κ3) is 4.53. The fourth-order valence-corrected chi connectivity index (χ4v) is 4.46. The lowest BCUT2D eigenvalue weighted by molar-refractivity contribution is -0.117. The number of hydrogen-bond donors (Lipinski definition) is 1. The minimum atomic E-state index is -0.227. The van der Waals surface area contributed by atoms with E-state index < -0.39 is 0 Å². The van der Waals surface area contributed by atoms with Gasteiger partial charge in [-0.3, -0.25) is 4.79 Å². The van der Waals surface area contributed by atoms with E-state index in [9.17, 15) is 4.79 Å². The number of hydrogen-bond acceptors (Lipinski definition) is 6. The van der Waals surface area contributed by atoms with Gasteiger partial charge in [0.1, 0.15) is 5.76 Å². The number of benzene rings is 1. The molecule has 0 aliphatic carbocycles. The third-order valence-electron chi connectivity index (χ3n) is 3.97. The molecule has 0 saturated heterocycles. The van der Waals surface area contributed by atoms with Crippen molar-refractivity contribution in [2.45, 2.75) is 42.6 Å². The van der Waals surface area contributed by atoms with Gasteiger partial charge in [0, 0.05) is 6.42 Å². The first-order chi connectivity index (χ1) is 12.6. The maximum absolute atomic E-state index is 12.4. The van der Waals surface area contributed by atoms with Crippen molar-refractivity contribution in [3.8, 4) is 0 Å². The zero-order valence-electron chi connectivity index (χ0n) is 14.9. The van der Waals surface area contributed by atoms with Gasteiger partial charge in [-0.25, -0.2) is 9.97 Å². The summed E-state index contributed by atoms with van der Waals surface area (Å²) in [6.07, 6.45) is 4.38. The second-order valence-electron chi connectivity index (χ2n) is 5.88. The van der Waals surface area contributed by atoms with Gasteiger partial charge >= 0.3 is 0 Å². The van der Waals surface area contributed by atoms with Gasteiger partial charge in [-0.2, -0.15) is 0 Å². The number of thiazole rings is 1. The van der Waals surface area contributed by atoms with Gasteiger partial charge in [-0.05, 0) is 19.4 Å². The zero-order chi connectivity index (χ0) is 18.5. The fraction of sp³-hybridized carbons (Fsp3) is 0.316. The summed E-state index contributed by atoms with van der Waals surface area (Å²) in [4.78, 5) is 21.1. The first kappa shape index (κ1) is 18.7. The molecule has 1 aromatic carbocycles. The summed E-state index contributed by atoms with van der Waals surface area (Å²) in [5, 5.41) is 3.59. The lowest BCUT2D eigenvalue weighted by atomic mass is 10.0. The zero-order valence-corrected chi connectivity index (χ0v) is 16.6.